The molecule has 2 unspecified atom stereocenters. The number of rotatable bonds is 3. The molecule has 198 valence electrons. The molecule has 9 rings (SSSR count). The Balaban J connectivity index is 1.46. The summed E-state index contributed by atoms with van der Waals surface area (Å²) in [6.45, 7) is 0. The van der Waals surface area contributed by atoms with Gasteiger partial charge in [-0.1, -0.05) is 127 Å². The summed E-state index contributed by atoms with van der Waals surface area (Å²) in [6.07, 6.45) is 7.09. The first-order chi connectivity index (χ1) is 20.9. The topological polar surface area (TPSA) is 24.4 Å². The zero-order chi connectivity index (χ0) is 27.7. The highest BCUT2D eigenvalue weighted by Gasteiger charge is 2.60. The predicted molar refractivity (Wildman–Crippen MR) is 174 cm³/mol. The highest BCUT2D eigenvalue weighted by Crippen LogP contribution is 2.66. The lowest BCUT2D eigenvalue weighted by atomic mass is 9.54. The van der Waals surface area contributed by atoms with Crippen LogP contribution in [0, 0.1) is 11.8 Å². The summed E-state index contributed by atoms with van der Waals surface area (Å²) in [5, 5.41) is 3.96. The lowest BCUT2D eigenvalue weighted by Gasteiger charge is -2.48. The predicted octanol–water partition coefficient (Wildman–Crippen LogP) is 9.46. The standard InChI is InChI=1S/C40H28N2/c1-3-14-26(15-4-1)41-38-37-32-21-8-7-18-28(32)31-22-13-25-35(36(31)37)40(39(38)42-27-16-5-2-6-17-27)33-23-11-9-19-29(33)30-20-10-12-24-34(30)40/h1-25,35-36,41H. The minimum absolute atomic E-state index is 0.161. The van der Waals surface area contributed by atoms with Crippen LogP contribution in [0.3, 0.4) is 0 Å². The zero-order valence-electron chi connectivity index (χ0n) is 23.0. The average molecular weight is 537 g/mol. The van der Waals surface area contributed by atoms with Crippen LogP contribution in [0.5, 0.6) is 0 Å². The fourth-order valence-electron chi connectivity index (χ4n) is 8.03. The molecular weight excluding hydrogens is 508 g/mol. The smallest absolute Gasteiger partial charge is 0.0805 e. The molecule has 42 heavy (non-hydrogen) atoms. The van der Waals surface area contributed by atoms with Crippen LogP contribution in [0.1, 0.15) is 22.3 Å². The molecule has 5 aromatic carbocycles. The van der Waals surface area contributed by atoms with Crippen LogP contribution in [-0.2, 0) is 5.41 Å². The molecule has 2 atom stereocenters. The number of aliphatic imine (C=N–C) groups is 1. The van der Waals surface area contributed by atoms with Gasteiger partial charge in [0.25, 0.3) is 0 Å². The van der Waals surface area contributed by atoms with Crippen LogP contribution in [0.25, 0.3) is 22.3 Å². The van der Waals surface area contributed by atoms with Crippen molar-refractivity contribution in [2.75, 3.05) is 5.32 Å². The molecule has 2 nitrogen and oxygen atoms in total. The van der Waals surface area contributed by atoms with Crippen molar-refractivity contribution in [2.24, 2.45) is 16.8 Å². The lowest BCUT2D eigenvalue weighted by molar-refractivity contribution is 0.445. The lowest BCUT2D eigenvalue weighted by Crippen LogP contribution is -2.50. The number of nitrogens with zero attached hydrogens (tertiary/aromatic N) is 1. The van der Waals surface area contributed by atoms with Crippen molar-refractivity contribution in [1.29, 1.82) is 0 Å². The van der Waals surface area contributed by atoms with Gasteiger partial charge in [0.2, 0.25) is 0 Å². The van der Waals surface area contributed by atoms with Crippen LogP contribution < -0.4 is 5.32 Å². The molecule has 0 heterocycles. The maximum absolute atomic E-state index is 5.65. The van der Waals surface area contributed by atoms with Gasteiger partial charge in [0.05, 0.1) is 22.5 Å². The van der Waals surface area contributed by atoms with Crippen LogP contribution in [-0.4, -0.2) is 5.71 Å². The molecule has 0 bridgehead atoms. The largest absolute Gasteiger partial charge is 0.354 e. The van der Waals surface area contributed by atoms with Gasteiger partial charge in [0, 0.05) is 17.5 Å². The normalized spacial score (nSPS) is 21.0. The molecule has 2 heteroatoms. The Labute approximate surface area is 246 Å². The first kappa shape index (κ1) is 23.5. The van der Waals surface area contributed by atoms with Gasteiger partial charge in [0.15, 0.2) is 0 Å². The first-order valence-corrected chi connectivity index (χ1v) is 14.7. The Bertz CT molecular complexity index is 1960. The van der Waals surface area contributed by atoms with Crippen LogP contribution >= 0.6 is 0 Å². The van der Waals surface area contributed by atoms with Gasteiger partial charge in [0.1, 0.15) is 0 Å². The van der Waals surface area contributed by atoms with E-state index in [4.69, 9.17) is 4.99 Å². The van der Waals surface area contributed by atoms with Gasteiger partial charge < -0.3 is 5.32 Å². The minimum Gasteiger partial charge on any atom is -0.354 e. The van der Waals surface area contributed by atoms with Crippen molar-refractivity contribution in [3.63, 3.8) is 0 Å². The molecule has 1 spiro atoms. The summed E-state index contributed by atoms with van der Waals surface area (Å²) in [7, 11) is 0. The molecule has 4 aliphatic carbocycles. The Kier molecular flexibility index (Phi) is 4.97. The molecule has 0 amide bonds. The summed E-state index contributed by atoms with van der Waals surface area (Å²) in [5.41, 5.74) is 14.4. The molecule has 0 radical (unpaired) electrons. The SMILES string of the molecule is C1=CC2C3C(=C1)c1ccccc1C3=C(Nc1ccccc1)C(=Nc1ccccc1)C21c2ccccc2-c2ccccc21. The van der Waals surface area contributed by atoms with Crippen molar-refractivity contribution in [2.45, 2.75) is 5.41 Å². The molecular formula is C40H28N2. The molecule has 0 saturated heterocycles. The number of allylic oxidation sites excluding steroid dienone is 6. The van der Waals surface area contributed by atoms with E-state index in [0.29, 0.717) is 0 Å². The third-order valence-electron chi connectivity index (χ3n) is 9.54. The highest BCUT2D eigenvalue weighted by atomic mass is 15.0. The monoisotopic (exact) mass is 536 g/mol. The summed E-state index contributed by atoms with van der Waals surface area (Å²) < 4.78 is 0. The number of hydrogen-bond acceptors (Lipinski definition) is 2. The molecule has 4 aliphatic rings. The van der Waals surface area contributed by atoms with Crippen molar-refractivity contribution >= 4 is 28.2 Å². The second-order valence-corrected chi connectivity index (χ2v) is 11.5. The van der Waals surface area contributed by atoms with Crippen molar-refractivity contribution in [3.05, 3.63) is 180 Å². The van der Waals surface area contributed by atoms with Crippen LogP contribution in [0.4, 0.5) is 11.4 Å². The minimum atomic E-state index is -0.480. The van der Waals surface area contributed by atoms with Gasteiger partial charge in [-0.25, -0.2) is 4.99 Å². The van der Waals surface area contributed by atoms with E-state index in [1.54, 1.807) is 0 Å². The Hall–Kier alpha value is -5.21. The number of benzene rings is 5. The van der Waals surface area contributed by atoms with Crippen LogP contribution in [0.15, 0.2) is 162 Å². The molecule has 0 saturated carbocycles. The number of hydrogen-bond donors (Lipinski definition) is 1. The van der Waals surface area contributed by atoms with E-state index >= 15 is 0 Å². The number of para-hydroxylation sites is 2. The molecule has 0 aliphatic heterocycles. The number of anilines is 1. The summed E-state index contributed by atoms with van der Waals surface area (Å²) in [4.78, 5) is 5.65. The first-order valence-electron chi connectivity index (χ1n) is 14.7. The Morgan fingerprint density at radius 2 is 1.14 bits per heavy atom. The molecule has 1 N–H and O–H groups in total. The molecule has 0 fully saturated rings. The molecule has 5 aromatic rings. The summed E-state index contributed by atoms with van der Waals surface area (Å²) in [5.74, 6) is 0.362. The van der Waals surface area contributed by atoms with E-state index < -0.39 is 5.41 Å². The second-order valence-electron chi connectivity index (χ2n) is 11.5. The van der Waals surface area contributed by atoms with Crippen molar-refractivity contribution in [1.82, 2.24) is 0 Å². The van der Waals surface area contributed by atoms with Crippen LogP contribution in [0.2, 0.25) is 0 Å². The van der Waals surface area contributed by atoms with E-state index in [0.717, 1.165) is 22.8 Å². The van der Waals surface area contributed by atoms with Crippen molar-refractivity contribution in [3.8, 4) is 11.1 Å². The van der Waals surface area contributed by atoms with Gasteiger partial charge in [-0.2, -0.15) is 0 Å². The highest BCUT2D eigenvalue weighted by molar-refractivity contribution is 6.24. The van der Waals surface area contributed by atoms with E-state index in [1.165, 1.54) is 44.5 Å². The van der Waals surface area contributed by atoms with E-state index in [2.05, 4.69) is 157 Å². The molecule has 0 aromatic heterocycles. The maximum atomic E-state index is 5.65. The van der Waals surface area contributed by atoms with E-state index in [1.807, 2.05) is 0 Å². The number of fused-ring (bicyclic) bond motifs is 9. The fourth-order valence-corrected chi connectivity index (χ4v) is 8.03. The quantitative estimate of drug-likeness (QED) is 0.244. The van der Waals surface area contributed by atoms with E-state index in [9.17, 15) is 0 Å². The second kappa shape index (κ2) is 8.89. The Morgan fingerprint density at radius 1 is 0.571 bits per heavy atom. The van der Waals surface area contributed by atoms with Crippen molar-refractivity contribution < 1.29 is 0 Å². The van der Waals surface area contributed by atoms with Gasteiger partial charge >= 0.3 is 0 Å². The van der Waals surface area contributed by atoms with E-state index in [-0.39, 0.29) is 11.8 Å². The maximum Gasteiger partial charge on any atom is 0.0805 e. The van der Waals surface area contributed by atoms with Gasteiger partial charge in [-0.05, 0) is 68.8 Å². The number of nitrogens with one attached hydrogen (secondary N) is 1. The fraction of sp³-hybridized carbons (Fsp3) is 0.0750. The Morgan fingerprint density at radius 3 is 1.83 bits per heavy atom. The summed E-state index contributed by atoms with van der Waals surface area (Å²) in [6, 6.07) is 48.0. The van der Waals surface area contributed by atoms with Gasteiger partial charge in [-0.15, -0.1) is 0 Å². The third kappa shape index (κ3) is 3.07. The summed E-state index contributed by atoms with van der Waals surface area (Å²) >= 11 is 0. The average Bonchev–Trinajstić information content (AvgIpc) is 3.55. The zero-order valence-corrected chi connectivity index (χ0v) is 23.0. The van der Waals surface area contributed by atoms with Gasteiger partial charge in [-0.3, -0.25) is 0 Å². The third-order valence-corrected chi connectivity index (χ3v) is 9.54.